The van der Waals surface area contributed by atoms with E-state index in [1.807, 2.05) is 32.0 Å². The number of anilines is 2. The highest BCUT2D eigenvalue weighted by atomic mass is 16.2. The van der Waals surface area contributed by atoms with E-state index in [0.717, 1.165) is 11.1 Å². The molecule has 1 heterocycles. The molecule has 1 aliphatic rings. The molecule has 0 fully saturated rings. The lowest BCUT2D eigenvalue weighted by Gasteiger charge is -2.15. The van der Waals surface area contributed by atoms with Crippen LogP contribution in [0.4, 0.5) is 11.4 Å². The largest absolute Gasteiger partial charge is 0.340 e. The van der Waals surface area contributed by atoms with E-state index in [0.29, 0.717) is 16.9 Å². The molecule has 25 heavy (non-hydrogen) atoms. The second-order valence-corrected chi connectivity index (χ2v) is 6.13. The third kappa shape index (κ3) is 3.68. The summed E-state index contributed by atoms with van der Waals surface area (Å²) in [6, 6.07) is 11.5. The van der Waals surface area contributed by atoms with Crippen molar-refractivity contribution in [3.63, 3.8) is 0 Å². The van der Waals surface area contributed by atoms with Gasteiger partial charge in [0.2, 0.25) is 11.8 Å². The van der Waals surface area contributed by atoms with Gasteiger partial charge in [-0.1, -0.05) is 29.8 Å². The summed E-state index contributed by atoms with van der Waals surface area (Å²) >= 11 is 0. The first-order valence-corrected chi connectivity index (χ1v) is 8.02. The third-order valence-corrected chi connectivity index (χ3v) is 4.10. The number of fused-ring (bicyclic) bond motifs is 1. The number of hydrogen-bond acceptors (Lipinski definition) is 3. The normalized spacial score (nSPS) is 16.3. The number of para-hydroxylation sites is 1. The number of carbonyl (C=O) groups excluding carboxylic acids is 3. The maximum absolute atomic E-state index is 12.3. The zero-order valence-corrected chi connectivity index (χ0v) is 14.1. The fraction of sp³-hybridized carbons (Fsp3) is 0.211. The van der Waals surface area contributed by atoms with Crippen molar-refractivity contribution in [1.29, 1.82) is 0 Å². The third-order valence-electron chi connectivity index (χ3n) is 4.10. The van der Waals surface area contributed by atoms with Crippen LogP contribution in [0.1, 0.15) is 27.9 Å². The molecule has 0 bridgehead atoms. The van der Waals surface area contributed by atoms with E-state index < -0.39 is 11.9 Å². The van der Waals surface area contributed by atoms with E-state index >= 15 is 0 Å². The summed E-state index contributed by atoms with van der Waals surface area (Å²) < 4.78 is 0. The Morgan fingerprint density at radius 2 is 1.88 bits per heavy atom. The molecule has 0 saturated heterocycles. The zero-order chi connectivity index (χ0) is 18.0. The summed E-state index contributed by atoms with van der Waals surface area (Å²) in [6.07, 6.45) is -0.140. The van der Waals surface area contributed by atoms with Crippen molar-refractivity contribution in [1.82, 2.24) is 5.32 Å². The van der Waals surface area contributed by atoms with Gasteiger partial charge in [0.05, 0.1) is 17.7 Å². The number of carbonyl (C=O) groups is 3. The van der Waals surface area contributed by atoms with Crippen molar-refractivity contribution in [3.8, 4) is 0 Å². The topological polar surface area (TPSA) is 87.3 Å². The lowest BCUT2D eigenvalue weighted by Crippen LogP contribution is -2.43. The lowest BCUT2D eigenvalue weighted by atomic mass is 10.1. The van der Waals surface area contributed by atoms with E-state index in [1.165, 1.54) is 0 Å². The molecule has 3 N–H and O–H groups in total. The van der Waals surface area contributed by atoms with Gasteiger partial charge >= 0.3 is 0 Å². The van der Waals surface area contributed by atoms with Crippen LogP contribution >= 0.6 is 0 Å². The fourth-order valence-corrected chi connectivity index (χ4v) is 2.80. The van der Waals surface area contributed by atoms with Crippen molar-refractivity contribution >= 4 is 29.1 Å². The van der Waals surface area contributed by atoms with Crippen LogP contribution in [0.3, 0.4) is 0 Å². The van der Waals surface area contributed by atoms with Crippen LogP contribution in [0.25, 0.3) is 0 Å². The first-order chi connectivity index (χ1) is 11.9. The van der Waals surface area contributed by atoms with Gasteiger partial charge in [0.1, 0.15) is 6.04 Å². The first-order valence-electron chi connectivity index (χ1n) is 8.02. The van der Waals surface area contributed by atoms with Crippen LogP contribution in [0.2, 0.25) is 0 Å². The second-order valence-electron chi connectivity index (χ2n) is 6.13. The Kier molecular flexibility index (Phi) is 4.52. The lowest BCUT2D eigenvalue weighted by molar-refractivity contribution is -0.122. The zero-order valence-electron chi connectivity index (χ0n) is 14.1. The molecule has 0 saturated carbocycles. The molecule has 2 aromatic carbocycles. The molecule has 0 aromatic heterocycles. The SMILES string of the molecule is Cc1ccc(NC(=O)C[C@H]2NC(=O)c3ccccc3NC2=O)c(C)c1. The van der Waals surface area contributed by atoms with Crippen molar-refractivity contribution in [2.24, 2.45) is 0 Å². The minimum absolute atomic E-state index is 0.140. The standard InChI is InChI=1S/C19H19N3O3/c1-11-7-8-14(12(2)9-11)20-17(23)10-16-19(25)21-15-6-4-3-5-13(15)18(24)22-16/h3-9,16H,10H2,1-2H3,(H,20,23)(H,21,25)(H,22,24)/t16-/m1/s1. The van der Waals surface area contributed by atoms with Gasteiger partial charge in [-0.2, -0.15) is 0 Å². The summed E-state index contributed by atoms with van der Waals surface area (Å²) in [5, 5.41) is 8.09. The van der Waals surface area contributed by atoms with E-state index in [-0.39, 0.29) is 18.2 Å². The molecule has 128 valence electrons. The maximum atomic E-state index is 12.3. The van der Waals surface area contributed by atoms with Crippen LogP contribution in [-0.4, -0.2) is 23.8 Å². The van der Waals surface area contributed by atoms with E-state index in [4.69, 9.17) is 0 Å². The van der Waals surface area contributed by atoms with E-state index in [9.17, 15) is 14.4 Å². The van der Waals surface area contributed by atoms with E-state index in [1.54, 1.807) is 24.3 Å². The average Bonchev–Trinajstić information content (AvgIpc) is 2.68. The molecule has 1 atom stereocenters. The molecular weight excluding hydrogens is 318 g/mol. The Hall–Kier alpha value is -3.15. The Morgan fingerprint density at radius 3 is 2.64 bits per heavy atom. The quantitative estimate of drug-likeness (QED) is 0.803. The summed E-state index contributed by atoms with van der Waals surface area (Å²) in [4.78, 5) is 36.9. The Morgan fingerprint density at radius 1 is 1.12 bits per heavy atom. The molecule has 0 spiro atoms. The molecule has 3 rings (SSSR count). The molecular formula is C19H19N3O3. The van der Waals surface area contributed by atoms with Gasteiger partial charge in [0, 0.05) is 5.69 Å². The molecule has 1 aliphatic heterocycles. The Balaban J connectivity index is 1.71. The highest BCUT2D eigenvalue weighted by Gasteiger charge is 2.29. The minimum atomic E-state index is -0.925. The summed E-state index contributed by atoms with van der Waals surface area (Å²) in [6.45, 7) is 3.88. The van der Waals surface area contributed by atoms with Gasteiger partial charge in [-0.25, -0.2) is 0 Å². The van der Waals surface area contributed by atoms with Gasteiger partial charge in [-0.15, -0.1) is 0 Å². The van der Waals surface area contributed by atoms with E-state index in [2.05, 4.69) is 16.0 Å². The number of amides is 3. The molecule has 6 nitrogen and oxygen atoms in total. The number of benzene rings is 2. The van der Waals surface area contributed by atoms with Crippen LogP contribution in [0, 0.1) is 13.8 Å². The fourth-order valence-electron chi connectivity index (χ4n) is 2.80. The predicted octanol–water partition coefficient (Wildman–Crippen LogP) is 2.38. The van der Waals surface area contributed by atoms with Gasteiger partial charge in [0.25, 0.3) is 5.91 Å². The molecule has 2 aromatic rings. The number of rotatable bonds is 3. The van der Waals surface area contributed by atoms with Gasteiger partial charge in [-0.05, 0) is 37.6 Å². The highest BCUT2D eigenvalue weighted by Crippen LogP contribution is 2.20. The predicted molar refractivity (Wildman–Crippen MR) is 95.5 cm³/mol. The number of nitrogens with one attached hydrogen (secondary N) is 3. The highest BCUT2D eigenvalue weighted by molar-refractivity contribution is 6.11. The summed E-state index contributed by atoms with van der Waals surface area (Å²) in [7, 11) is 0. The van der Waals surface area contributed by atoms with Crippen LogP contribution in [0.5, 0.6) is 0 Å². The maximum Gasteiger partial charge on any atom is 0.254 e. The Bertz CT molecular complexity index is 861. The first kappa shape index (κ1) is 16.7. The number of aryl methyl sites for hydroxylation is 2. The molecule has 3 amide bonds. The van der Waals surface area contributed by atoms with Gasteiger partial charge < -0.3 is 16.0 Å². The molecule has 0 radical (unpaired) electrons. The summed E-state index contributed by atoms with van der Waals surface area (Å²) in [5.41, 5.74) is 3.56. The van der Waals surface area contributed by atoms with Crippen molar-refractivity contribution in [2.45, 2.75) is 26.3 Å². The van der Waals surface area contributed by atoms with Crippen LogP contribution in [-0.2, 0) is 9.59 Å². The van der Waals surface area contributed by atoms with Crippen LogP contribution in [0.15, 0.2) is 42.5 Å². The minimum Gasteiger partial charge on any atom is -0.340 e. The number of hydrogen-bond donors (Lipinski definition) is 3. The van der Waals surface area contributed by atoms with Crippen molar-refractivity contribution < 1.29 is 14.4 Å². The van der Waals surface area contributed by atoms with Gasteiger partial charge in [-0.3, -0.25) is 14.4 Å². The second kappa shape index (κ2) is 6.76. The molecule has 6 heteroatoms. The van der Waals surface area contributed by atoms with Crippen molar-refractivity contribution in [3.05, 3.63) is 59.2 Å². The van der Waals surface area contributed by atoms with Crippen LogP contribution < -0.4 is 16.0 Å². The summed E-state index contributed by atoms with van der Waals surface area (Å²) in [5.74, 6) is -1.12. The van der Waals surface area contributed by atoms with Gasteiger partial charge in [0.15, 0.2) is 0 Å². The smallest absolute Gasteiger partial charge is 0.254 e. The van der Waals surface area contributed by atoms with Crippen molar-refractivity contribution in [2.75, 3.05) is 10.6 Å². The molecule has 0 aliphatic carbocycles. The molecule has 0 unspecified atom stereocenters. The monoisotopic (exact) mass is 337 g/mol. The Labute approximate surface area is 145 Å². The average molecular weight is 337 g/mol.